The van der Waals surface area contributed by atoms with E-state index in [1.165, 1.54) is 0 Å². The normalized spacial score (nSPS) is 23.6. The molecule has 0 saturated carbocycles. The summed E-state index contributed by atoms with van der Waals surface area (Å²) in [5, 5.41) is 16.5. The van der Waals surface area contributed by atoms with Crippen LogP contribution in [0, 0.1) is 0 Å². The zero-order valence-electron chi connectivity index (χ0n) is 11.1. The SMILES string of the molecule is O=C(NC1CCCCNC1=O)c1cn(C2CNC2)nn1. The van der Waals surface area contributed by atoms with Crippen LogP contribution in [0.5, 0.6) is 0 Å². The summed E-state index contributed by atoms with van der Waals surface area (Å²) in [5.74, 6) is -0.461. The van der Waals surface area contributed by atoms with Crippen LogP contribution in [0.3, 0.4) is 0 Å². The second-order valence-electron chi connectivity index (χ2n) is 5.21. The van der Waals surface area contributed by atoms with Crippen molar-refractivity contribution >= 4 is 11.8 Å². The molecule has 3 heterocycles. The maximum Gasteiger partial charge on any atom is 0.274 e. The second kappa shape index (κ2) is 5.58. The molecule has 2 aliphatic heterocycles. The van der Waals surface area contributed by atoms with Crippen molar-refractivity contribution in [1.29, 1.82) is 0 Å². The summed E-state index contributed by atoms with van der Waals surface area (Å²) < 4.78 is 1.69. The summed E-state index contributed by atoms with van der Waals surface area (Å²) >= 11 is 0. The van der Waals surface area contributed by atoms with Gasteiger partial charge in [0.15, 0.2) is 5.69 Å². The molecule has 0 spiro atoms. The zero-order valence-corrected chi connectivity index (χ0v) is 11.1. The standard InChI is InChI=1S/C12H18N6O2/c19-11-9(3-1-2-4-14-11)15-12(20)10-7-18(17-16-10)8-5-13-6-8/h7-9,13H,1-6H2,(H,14,19)(H,15,20). The van der Waals surface area contributed by atoms with Crippen LogP contribution in [0.25, 0.3) is 0 Å². The molecule has 0 aromatic carbocycles. The van der Waals surface area contributed by atoms with Gasteiger partial charge >= 0.3 is 0 Å². The van der Waals surface area contributed by atoms with Gasteiger partial charge in [0, 0.05) is 19.6 Å². The topological polar surface area (TPSA) is 101 Å². The molecule has 1 aromatic rings. The molecule has 2 amide bonds. The zero-order chi connectivity index (χ0) is 13.9. The van der Waals surface area contributed by atoms with Crippen LogP contribution in [0.2, 0.25) is 0 Å². The second-order valence-corrected chi connectivity index (χ2v) is 5.21. The summed E-state index contributed by atoms with van der Waals surface area (Å²) in [5.41, 5.74) is 0.258. The summed E-state index contributed by atoms with van der Waals surface area (Å²) in [6.45, 7) is 2.36. The number of carbonyl (C=O) groups is 2. The van der Waals surface area contributed by atoms with Gasteiger partial charge in [-0.25, -0.2) is 4.68 Å². The summed E-state index contributed by atoms with van der Waals surface area (Å²) in [6.07, 6.45) is 4.17. The molecule has 108 valence electrons. The Balaban J connectivity index is 1.62. The van der Waals surface area contributed by atoms with Crippen molar-refractivity contribution in [2.75, 3.05) is 19.6 Å². The highest BCUT2D eigenvalue weighted by molar-refractivity contribution is 5.95. The minimum atomic E-state index is -0.472. The van der Waals surface area contributed by atoms with E-state index in [9.17, 15) is 9.59 Å². The number of carbonyl (C=O) groups excluding carboxylic acids is 2. The van der Waals surface area contributed by atoms with E-state index in [4.69, 9.17) is 0 Å². The Labute approximate surface area is 116 Å². The monoisotopic (exact) mass is 278 g/mol. The Kier molecular flexibility index (Phi) is 3.64. The fourth-order valence-corrected chi connectivity index (χ4v) is 2.33. The van der Waals surface area contributed by atoms with Crippen LogP contribution in [-0.4, -0.2) is 52.5 Å². The Bertz CT molecular complexity index is 510. The van der Waals surface area contributed by atoms with Crippen LogP contribution in [0.15, 0.2) is 6.20 Å². The Morgan fingerprint density at radius 2 is 2.25 bits per heavy atom. The fourth-order valence-electron chi connectivity index (χ4n) is 2.33. The molecule has 8 nitrogen and oxygen atoms in total. The molecule has 3 N–H and O–H groups in total. The van der Waals surface area contributed by atoms with Crippen molar-refractivity contribution in [3.63, 3.8) is 0 Å². The molecule has 1 atom stereocenters. The Hall–Kier alpha value is -1.96. The number of hydrogen-bond acceptors (Lipinski definition) is 5. The van der Waals surface area contributed by atoms with E-state index in [2.05, 4.69) is 26.3 Å². The third kappa shape index (κ3) is 2.64. The first-order chi connectivity index (χ1) is 9.74. The minimum Gasteiger partial charge on any atom is -0.354 e. The Morgan fingerprint density at radius 3 is 3.00 bits per heavy atom. The number of amides is 2. The van der Waals surface area contributed by atoms with Gasteiger partial charge in [-0.3, -0.25) is 9.59 Å². The molecular formula is C12H18N6O2. The Morgan fingerprint density at radius 1 is 1.40 bits per heavy atom. The maximum atomic E-state index is 12.1. The van der Waals surface area contributed by atoms with Gasteiger partial charge in [-0.1, -0.05) is 5.21 Å². The lowest BCUT2D eigenvalue weighted by Crippen LogP contribution is -2.45. The van der Waals surface area contributed by atoms with Crippen LogP contribution in [0.4, 0.5) is 0 Å². The first-order valence-electron chi connectivity index (χ1n) is 6.95. The van der Waals surface area contributed by atoms with E-state index in [0.717, 1.165) is 25.9 Å². The summed E-state index contributed by atoms with van der Waals surface area (Å²) in [6, 6.07) is -0.203. The highest BCUT2D eigenvalue weighted by Crippen LogP contribution is 2.10. The van der Waals surface area contributed by atoms with Gasteiger partial charge in [0.1, 0.15) is 6.04 Å². The van der Waals surface area contributed by atoms with Gasteiger partial charge in [-0.05, 0) is 19.3 Å². The summed E-state index contributed by atoms with van der Waals surface area (Å²) in [4.78, 5) is 23.9. The largest absolute Gasteiger partial charge is 0.354 e. The lowest BCUT2D eigenvalue weighted by Gasteiger charge is -2.26. The molecule has 1 unspecified atom stereocenters. The van der Waals surface area contributed by atoms with Gasteiger partial charge < -0.3 is 16.0 Å². The first kappa shape index (κ1) is 13.0. The molecule has 0 radical (unpaired) electrons. The average Bonchev–Trinajstić information content (AvgIpc) is 2.75. The fraction of sp³-hybridized carbons (Fsp3) is 0.667. The molecule has 8 heteroatoms. The molecule has 0 aliphatic carbocycles. The predicted molar refractivity (Wildman–Crippen MR) is 70.0 cm³/mol. The van der Waals surface area contributed by atoms with Crippen LogP contribution in [-0.2, 0) is 4.79 Å². The average molecular weight is 278 g/mol. The van der Waals surface area contributed by atoms with Gasteiger partial charge in [0.05, 0.1) is 12.2 Å². The van der Waals surface area contributed by atoms with Gasteiger partial charge in [0.25, 0.3) is 5.91 Å². The van der Waals surface area contributed by atoms with Crippen molar-refractivity contribution in [2.24, 2.45) is 0 Å². The van der Waals surface area contributed by atoms with E-state index < -0.39 is 6.04 Å². The van der Waals surface area contributed by atoms with E-state index in [0.29, 0.717) is 13.0 Å². The number of rotatable bonds is 3. The molecule has 0 bridgehead atoms. The highest BCUT2D eigenvalue weighted by Gasteiger charge is 2.25. The van der Waals surface area contributed by atoms with Crippen molar-refractivity contribution in [3.8, 4) is 0 Å². The van der Waals surface area contributed by atoms with E-state index in [1.807, 2.05) is 0 Å². The molecule has 20 heavy (non-hydrogen) atoms. The third-order valence-corrected chi connectivity index (χ3v) is 3.72. The van der Waals surface area contributed by atoms with Gasteiger partial charge in [-0.2, -0.15) is 0 Å². The molecular weight excluding hydrogens is 260 g/mol. The van der Waals surface area contributed by atoms with Crippen LogP contribution >= 0.6 is 0 Å². The van der Waals surface area contributed by atoms with E-state index >= 15 is 0 Å². The third-order valence-electron chi connectivity index (χ3n) is 3.72. The number of nitrogens with one attached hydrogen (secondary N) is 3. The molecule has 3 rings (SSSR count). The van der Waals surface area contributed by atoms with Crippen LogP contribution in [0.1, 0.15) is 35.8 Å². The van der Waals surface area contributed by atoms with Crippen molar-refractivity contribution in [3.05, 3.63) is 11.9 Å². The maximum absolute atomic E-state index is 12.1. The quantitative estimate of drug-likeness (QED) is 0.646. The van der Waals surface area contributed by atoms with Gasteiger partial charge in [-0.15, -0.1) is 5.10 Å². The smallest absolute Gasteiger partial charge is 0.274 e. The predicted octanol–water partition coefficient (Wildman–Crippen LogP) is -1.18. The van der Waals surface area contributed by atoms with Gasteiger partial charge in [0.2, 0.25) is 5.91 Å². The van der Waals surface area contributed by atoms with Crippen LogP contribution < -0.4 is 16.0 Å². The molecule has 2 aliphatic rings. The molecule has 1 aromatic heterocycles. The molecule has 2 fully saturated rings. The van der Waals surface area contributed by atoms with Crippen molar-refractivity contribution < 1.29 is 9.59 Å². The van der Waals surface area contributed by atoms with E-state index in [1.54, 1.807) is 10.9 Å². The minimum absolute atomic E-state index is 0.119. The number of nitrogens with zero attached hydrogens (tertiary/aromatic N) is 3. The number of aromatic nitrogens is 3. The lowest BCUT2D eigenvalue weighted by molar-refractivity contribution is -0.122. The van der Waals surface area contributed by atoms with Crippen molar-refractivity contribution in [1.82, 2.24) is 30.9 Å². The highest BCUT2D eigenvalue weighted by atomic mass is 16.2. The van der Waals surface area contributed by atoms with Crippen molar-refractivity contribution in [2.45, 2.75) is 31.3 Å². The van der Waals surface area contributed by atoms with E-state index in [-0.39, 0.29) is 23.6 Å². The molecule has 2 saturated heterocycles. The first-order valence-corrected chi connectivity index (χ1v) is 6.95. The number of hydrogen-bond donors (Lipinski definition) is 3. The lowest BCUT2D eigenvalue weighted by atomic mass is 10.1. The summed E-state index contributed by atoms with van der Waals surface area (Å²) in [7, 11) is 0.